The summed E-state index contributed by atoms with van der Waals surface area (Å²) >= 11 is 6.13. The average molecular weight is 304 g/mol. The maximum Gasteiger partial charge on any atom is 0.259 e. The lowest BCUT2D eigenvalue weighted by molar-refractivity contribution is 0.0992. The molecule has 0 atom stereocenters. The molecule has 1 heterocycles. The minimum Gasteiger partial charge on any atom is -0.369 e. The Labute approximate surface area is 129 Å². The SMILES string of the molecule is CCNc1ncc(C(=O)N(C)c2cccc(C)c2)cc1Cl. The predicted molar refractivity (Wildman–Crippen MR) is 87.3 cm³/mol. The molecule has 0 aliphatic rings. The molecule has 0 saturated carbocycles. The minimum atomic E-state index is -0.141. The first-order valence-corrected chi connectivity index (χ1v) is 7.15. The van der Waals surface area contributed by atoms with Crippen molar-refractivity contribution >= 4 is 29.0 Å². The number of nitrogens with zero attached hydrogens (tertiary/aromatic N) is 2. The van der Waals surface area contributed by atoms with E-state index in [0.717, 1.165) is 17.8 Å². The fourth-order valence-corrected chi connectivity index (χ4v) is 2.23. The van der Waals surface area contributed by atoms with E-state index in [9.17, 15) is 4.79 Å². The highest BCUT2D eigenvalue weighted by Crippen LogP contribution is 2.22. The Morgan fingerprint density at radius 2 is 2.14 bits per heavy atom. The van der Waals surface area contributed by atoms with E-state index in [0.29, 0.717) is 16.4 Å². The zero-order chi connectivity index (χ0) is 15.4. The van der Waals surface area contributed by atoms with E-state index in [1.807, 2.05) is 38.1 Å². The maximum atomic E-state index is 12.5. The van der Waals surface area contributed by atoms with Crippen LogP contribution >= 0.6 is 11.6 Å². The lowest BCUT2D eigenvalue weighted by Crippen LogP contribution is -2.26. The summed E-state index contributed by atoms with van der Waals surface area (Å²) in [6.07, 6.45) is 1.54. The molecule has 21 heavy (non-hydrogen) atoms. The number of aryl methyl sites for hydroxylation is 1. The van der Waals surface area contributed by atoms with Gasteiger partial charge in [0.2, 0.25) is 0 Å². The summed E-state index contributed by atoms with van der Waals surface area (Å²) in [6.45, 7) is 4.68. The number of nitrogens with one attached hydrogen (secondary N) is 1. The summed E-state index contributed by atoms with van der Waals surface area (Å²) in [4.78, 5) is 18.3. The summed E-state index contributed by atoms with van der Waals surface area (Å²) in [6, 6.07) is 9.41. The number of aromatic nitrogens is 1. The van der Waals surface area contributed by atoms with Crippen LogP contribution in [0.4, 0.5) is 11.5 Å². The summed E-state index contributed by atoms with van der Waals surface area (Å²) < 4.78 is 0. The molecule has 0 fully saturated rings. The van der Waals surface area contributed by atoms with Crippen LogP contribution in [0.2, 0.25) is 5.02 Å². The van der Waals surface area contributed by atoms with Gasteiger partial charge in [-0.25, -0.2) is 4.98 Å². The number of rotatable bonds is 4. The molecule has 0 unspecified atom stereocenters. The highest BCUT2D eigenvalue weighted by molar-refractivity contribution is 6.33. The monoisotopic (exact) mass is 303 g/mol. The molecule has 5 heteroatoms. The van der Waals surface area contributed by atoms with Crippen LogP contribution in [0.3, 0.4) is 0 Å². The normalized spacial score (nSPS) is 10.3. The largest absolute Gasteiger partial charge is 0.369 e. The number of hydrogen-bond donors (Lipinski definition) is 1. The van der Waals surface area contributed by atoms with Gasteiger partial charge in [-0.1, -0.05) is 23.7 Å². The molecule has 0 radical (unpaired) electrons. The average Bonchev–Trinajstić information content (AvgIpc) is 2.48. The van der Waals surface area contributed by atoms with Crippen LogP contribution in [0.25, 0.3) is 0 Å². The Hall–Kier alpha value is -2.07. The molecule has 0 bridgehead atoms. The standard InChI is InChI=1S/C16H18ClN3O/c1-4-18-15-14(17)9-12(10-19-15)16(21)20(3)13-7-5-6-11(2)8-13/h5-10H,4H2,1-3H3,(H,18,19). The molecule has 0 aliphatic carbocycles. The van der Waals surface area contributed by atoms with Crippen molar-refractivity contribution in [2.45, 2.75) is 13.8 Å². The van der Waals surface area contributed by atoms with Crippen molar-refractivity contribution in [3.63, 3.8) is 0 Å². The van der Waals surface area contributed by atoms with Gasteiger partial charge >= 0.3 is 0 Å². The van der Waals surface area contributed by atoms with Gasteiger partial charge in [0.15, 0.2) is 0 Å². The lowest BCUT2D eigenvalue weighted by Gasteiger charge is -2.18. The van der Waals surface area contributed by atoms with Crippen molar-refractivity contribution in [3.8, 4) is 0 Å². The van der Waals surface area contributed by atoms with E-state index in [1.165, 1.54) is 0 Å². The third-order valence-electron chi connectivity index (χ3n) is 3.13. The second-order valence-corrected chi connectivity index (χ2v) is 5.20. The molecular formula is C16H18ClN3O. The van der Waals surface area contributed by atoms with Crippen molar-refractivity contribution in [3.05, 3.63) is 52.7 Å². The topological polar surface area (TPSA) is 45.2 Å². The van der Waals surface area contributed by atoms with E-state index in [4.69, 9.17) is 11.6 Å². The molecule has 2 aromatic rings. The fourth-order valence-electron chi connectivity index (χ4n) is 2.00. The van der Waals surface area contributed by atoms with Crippen LogP contribution < -0.4 is 10.2 Å². The number of pyridine rings is 1. The summed E-state index contributed by atoms with van der Waals surface area (Å²) in [5, 5.41) is 3.49. The van der Waals surface area contributed by atoms with Gasteiger partial charge in [-0.2, -0.15) is 0 Å². The Morgan fingerprint density at radius 3 is 2.76 bits per heavy atom. The minimum absolute atomic E-state index is 0.141. The molecule has 0 aliphatic heterocycles. The molecule has 0 saturated heterocycles. The van der Waals surface area contributed by atoms with Crippen LogP contribution in [0.1, 0.15) is 22.8 Å². The first-order valence-electron chi connectivity index (χ1n) is 6.77. The number of amides is 1. The third kappa shape index (κ3) is 3.52. The van der Waals surface area contributed by atoms with Crippen molar-refractivity contribution in [1.82, 2.24) is 4.98 Å². The summed E-state index contributed by atoms with van der Waals surface area (Å²) in [5.41, 5.74) is 2.41. The second-order valence-electron chi connectivity index (χ2n) is 4.79. The van der Waals surface area contributed by atoms with Crippen LogP contribution in [0.5, 0.6) is 0 Å². The van der Waals surface area contributed by atoms with Gasteiger partial charge in [0, 0.05) is 25.5 Å². The molecular weight excluding hydrogens is 286 g/mol. The third-order valence-corrected chi connectivity index (χ3v) is 3.41. The zero-order valence-corrected chi connectivity index (χ0v) is 13.1. The van der Waals surface area contributed by atoms with E-state index in [-0.39, 0.29) is 5.91 Å². The number of anilines is 2. The summed E-state index contributed by atoms with van der Waals surface area (Å²) in [7, 11) is 1.74. The van der Waals surface area contributed by atoms with Crippen molar-refractivity contribution in [2.24, 2.45) is 0 Å². The van der Waals surface area contributed by atoms with Gasteiger partial charge < -0.3 is 10.2 Å². The smallest absolute Gasteiger partial charge is 0.259 e. The second kappa shape index (κ2) is 6.59. The van der Waals surface area contributed by atoms with E-state index in [2.05, 4.69) is 10.3 Å². The molecule has 1 N–H and O–H groups in total. The van der Waals surface area contributed by atoms with Crippen molar-refractivity contribution < 1.29 is 4.79 Å². The predicted octanol–water partition coefficient (Wildman–Crippen LogP) is 3.75. The van der Waals surface area contributed by atoms with Crippen LogP contribution in [0, 0.1) is 6.92 Å². The van der Waals surface area contributed by atoms with Gasteiger partial charge in [0.1, 0.15) is 5.82 Å². The van der Waals surface area contributed by atoms with E-state index < -0.39 is 0 Å². The molecule has 4 nitrogen and oxygen atoms in total. The fraction of sp³-hybridized carbons (Fsp3) is 0.250. The van der Waals surface area contributed by atoms with Gasteiger partial charge in [0.25, 0.3) is 5.91 Å². The van der Waals surface area contributed by atoms with Crippen LogP contribution in [-0.2, 0) is 0 Å². The Balaban J connectivity index is 2.25. The number of carbonyl (C=O) groups is 1. The molecule has 1 amide bonds. The molecule has 110 valence electrons. The van der Waals surface area contributed by atoms with Crippen molar-refractivity contribution in [2.75, 3.05) is 23.8 Å². The zero-order valence-electron chi connectivity index (χ0n) is 12.4. The molecule has 2 rings (SSSR count). The number of benzene rings is 1. The van der Waals surface area contributed by atoms with Crippen LogP contribution in [0.15, 0.2) is 36.5 Å². The maximum absolute atomic E-state index is 12.5. The van der Waals surface area contributed by atoms with Crippen LogP contribution in [-0.4, -0.2) is 24.5 Å². The molecule has 1 aromatic carbocycles. The van der Waals surface area contributed by atoms with Gasteiger partial charge in [-0.15, -0.1) is 0 Å². The molecule has 0 spiro atoms. The highest BCUT2D eigenvalue weighted by Gasteiger charge is 2.15. The van der Waals surface area contributed by atoms with Gasteiger partial charge in [0.05, 0.1) is 10.6 Å². The Kier molecular flexibility index (Phi) is 4.81. The van der Waals surface area contributed by atoms with Crippen molar-refractivity contribution in [1.29, 1.82) is 0 Å². The Bertz CT molecular complexity index is 658. The lowest BCUT2D eigenvalue weighted by atomic mass is 10.2. The number of hydrogen-bond acceptors (Lipinski definition) is 3. The van der Waals surface area contributed by atoms with E-state index in [1.54, 1.807) is 24.2 Å². The van der Waals surface area contributed by atoms with Gasteiger partial charge in [-0.05, 0) is 37.6 Å². The first-order chi connectivity index (χ1) is 10.0. The number of carbonyl (C=O) groups excluding carboxylic acids is 1. The number of halogens is 1. The highest BCUT2D eigenvalue weighted by atomic mass is 35.5. The quantitative estimate of drug-likeness (QED) is 0.935. The van der Waals surface area contributed by atoms with Gasteiger partial charge in [-0.3, -0.25) is 4.79 Å². The first kappa shape index (κ1) is 15.3. The Morgan fingerprint density at radius 1 is 1.38 bits per heavy atom. The summed E-state index contributed by atoms with van der Waals surface area (Å²) in [5.74, 6) is 0.451. The van der Waals surface area contributed by atoms with E-state index >= 15 is 0 Å². The molecule has 1 aromatic heterocycles.